The number of primary amides is 1. The van der Waals surface area contributed by atoms with Gasteiger partial charge in [-0.25, -0.2) is 4.39 Å². The van der Waals surface area contributed by atoms with E-state index in [1.165, 1.54) is 11.0 Å². The number of hydrogen-bond donors (Lipinski definition) is 1. The number of anilines is 1. The number of fused-ring (bicyclic) bond motifs is 2. The van der Waals surface area contributed by atoms with E-state index in [4.69, 9.17) is 26.5 Å². The highest BCUT2D eigenvalue weighted by Crippen LogP contribution is 2.42. The molecule has 3 aromatic carbocycles. The van der Waals surface area contributed by atoms with E-state index in [2.05, 4.69) is 0 Å². The van der Waals surface area contributed by atoms with Crippen LogP contribution in [0.4, 0.5) is 10.1 Å². The third-order valence-electron chi connectivity index (χ3n) is 5.84. The standard InChI is InChI=1S/C26H18ClFN2O5/c1-13-2-6-16(11-19(13)27)30-23(14-3-7-17(8-4-14)34-12-21(29)31)22-24(32)18-10-15(28)5-9-20(18)35-25(22)26(30)33/h2-11,23H,12H2,1H3,(H2,29,31). The Kier molecular flexibility index (Phi) is 5.53. The van der Waals surface area contributed by atoms with Crippen molar-refractivity contribution in [3.8, 4) is 5.75 Å². The molecule has 1 unspecified atom stereocenters. The smallest absolute Gasteiger partial charge is 0.295 e. The lowest BCUT2D eigenvalue weighted by molar-refractivity contribution is -0.119. The van der Waals surface area contributed by atoms with Gasteiger partial charge in [0.25, 0.3) is 11.8 Å². The van der Waals surface area contributed by atoms with Gasteiger partial charge in [0.15, 0.2) is 12.0 Å². The topological polar surface area (TPSA) is 103 Å². The minimum Gasteiger partial charge on any atom is -0.484 e. The van der Waals surface area contributed by atoms with Crippen molar-refractivity contribution in [3.63, 3.8) is 0 Å². The molecule has 1 aromatic heterocycles. The van der Waals surface area contributed by atoms with Crippen molar-refractivity contribution < 1.29 is 23.1 Å². The first-order valence-corrected chi connectivity index (χ1v) is 11.0. The van der Waals surface area contributed by atoms with Crippen LogP contribution in [0.2, 0.25) is 5.02 Å². The maximum atomic E-state index is 13.9. The summed E-state index contributed by atoms with van der Waals surface area (Å²) in [6.45, 7) is 1.54. The molecule has 1 atom stereocenters. The van der Waals surface area contributed by atoms with Gasteiger partial charge in [-0.15, -0.1) is 0 Å². The zero-order valence-corrected chi connectivity index (χ0v) is 19.1. The predicted molar refractivity (Wildman–Crippen MR) is 128 cm³/mol. The first kappa shape index (κ1) is 22.6. The van der Waals surface area contributed by atoms with Gasteiger partial charge in [0, 0.05) is 10.7 Å². The summed E-state index contributed by atoms with van der Waals surface area (Å²) in [5.74, 6) is -1.48. The van der Waals surface area contributed by atoms with Gasteiger partial charge < -0.3 is 14.9 Å². The molecule has 5 rings (SSSR count). The highest BCUT2D eigenvalue weighted by atomic mass is 35.5. The fraction of sp³-hybridized carbons (Fsp3) is 0.115. The molecular weight excluding hydrogens is 475 g/mol. The number of rotatable bonds is 5. The van der Waals surface area contributed by atoms with Gasteiger partial charge in [-0.05, 0) is 60.5 Å². The first-order valence-electron chi connectivity index (χ1n) is 10.6. The third-order valence-corrected chi connectivity index (χ3v) is 6.25. The van der Waals surface area contributed by atoms with Gasteiger partial charge in [0.2, 0.25) is 5.76 Å². The maximum Gasteiger partial charge on any atom is 0.295 e. The molecule has 1 aliphatic rings. The molecule has 176 valence electrons. The first-order chi connectivity index (χ1) is 16.7. The van der Waals surface area contributed by atoms with Crippen molar-refractivity contribution in [2.45, 2.75) is 13.0 Å². The molecule has 7 nitrogen and oxygen atoms in total. The van der Waals surface area contributed by atoms with Crippen LogP contribution < -0.4 is 20.8 Å². The summed E-state index contributed by atoms with van der Waals surface area (Å²) in [7, 11) is 0. The number of carbonyl (C=O) groups excluding carboxylic acids is 2. The van der Waals surface area contributed by atoms with E-state index < -0.39 is 29.1 Å². The second kappa shape index (κ2) is 8.56. The van der Waals surface area contributed by atoms with Crippen LogP contribution in [-0.4, -0.2) is 18.4 Å². The molecule has 0 spiro atoms. The van der Waals surface area contributed by atoms with E-state index in [-0.39, 0.29) is 28.9 Å². The van der Waals surface area contributed by atoms with Gasteiger partial charge in [0.05, 0.1) is 17.0 Å². The number of halogens is 2. The molecule has 0 saturated carbocycles. The van der Waals surface area contributed by atoms with E-state index in [1.54, 1.807) is 42.5 Å². The Morgan fingerprint density at radius 3 is 2.54 bits per heavy atom. The average molecular weight is 493 g/mol. The summed E-state index contributed by atoms with van der Waals surface area (Å²) in [4.78, 5) is 39.6. The monoisotopic (exact) mass is 492 g/mol. The number of hydrogen-bond acceptors (Lipinski definition) is 5. The molecular formula is C26H18ClFN2O5. The number of aryl methyl sites for hydroxylation is 1. The maximum absolute atomic E-state index is 13.9. The summed E-state index contributed by atoms with van der Waals surface area (Å²) >= 11 is 6.34. The summed E-state index contributed by atoms with van der Waals surface area (Å²) in [6, 6.07) is 14.4. The minimum atomic E-state index is -0.870. The van der Waals surface area contributed by atoms with Gasteiger partial charge >= 0.3 is 0 Å². The molecule has 0 radical (unpaired) electrons. The molecule has 1 aliphatic heterocycles. The SMILES string of the molecule is Cc1ccc(N2C(=O)c3oc4ccc(F)cc4c(=O)c3C2c2ccc(OCC(N)=O)cc2)cc1Cl. The number of benzene rings is 3. The number of nitrogens with zero attached hydrogens (tertiary/aromatic N) is 1. The fourth-order valence-electron chi connectivity index (χ4n) is 4.16. The molecule has 0 bridgehead atoms. The average Bonchev–Trinajstić information content (AvgIpc) is 3.13. The van der Waals surface area contributed by atoms with Crippen molar-refractivity contribution in [2.75, 3.05) is 11.5 Å². The van der Waals surface area contributed by atoms with Crippen LogP contribution >= 0.6 is 11.6 Å². The Bertz CT molecular complexity index is 1570. The number of carbonyl (C=O) groups is 2. The van der Waals surface area contributed by atoms with Crippen LogP contribution in [0.1, 0.15) is 33.3 Å². The largest absolute Gasteiger partial charge is 0.484 e. The van der Waals surface area contributed by atoms with Gasteiger partial charge in [-0.1, -0.05) is 29.8 Å². The van der Waals surface area contributed by atoms with E-state index >= 15 is 0 Å². The third kappa shape index (κ3) is 3.91. The number of nitrogens with two attached hydrogens (primary N) is 1. The molecule has 0 aliphatic carbocycles. The zero-order chi connectivity index (χ0) is 24.9. The fourth-order valence-corrected chi connectivity index (χ4v) is 4.33. The van der Waals surface area contributed by atoms with Crippen molar-refractivity contribution in [1.82, 2.24) is 0 Å². The minimum absolute atomic E-state index is 0.0340. The molecule has 35 heavy (non-hydrogen) atoms. The number of amides is 2. The molecule has 4 aromatic rings. The Morgan fingerprint density at radius 2 is 1.86 bits per heavy atom. The second-order valence-corrected chi connectivity index (χ2v) is 8.56. The lowest BCUT2D eigenvalue weighted by Crippen LogP contribution is -2.29. The molecule has 9 heteroatoms. The predicted octanol–water partition coefficient (Wildman–Crippen LogP) is 4.51. The van der Waals surface area contributed by atoms with E-state index in [0.29, 0.717) is 22.0 Å². The van der Waals surface area contributed by atoms with Crippen LogP contribution in [-0.2, 0) is 4.79 Å². The summed E-state index contributed by atoms with van der Waals surface area (Å²) < 4.78 is 25.1. The summed E-state index contributed by atoms with van der Waals surface area (Å²) in [5, 5.41) is 0.485. The van der Waals surface area contributed by atoms with Crippen molar-refractivity contribution >= 4 is 40.1 Å². The van der Waals surface area contributed by atoms with Gasteiger partial charge in [-0.2, -0.15) is 0 Å². The van der Waals surface area contributed by atoms with Crippen LogP contribution in [0, 0.1) is 12.7 Å². The Labute approximate surface area is 203 Å². The molecule has 2 N–H and O–H groups in total. The van der Waals surface area contributed by atoms with Gasteiger partial charge in [-0.3, -0.25) is 19.3 Å². The van der Waals surface area contributed by atoms with E-state index in [9.17, 15) is 18.8 Å². The lowest BCUT2D eigenvalue weighted by atomic mass is 9.98. The van der Waals surface area contributed by atoms with Crippen molar-refractivity contribution in [2.24, 2.45) is 5.73 Å². The number of ether oxygens (including phenoxy) is 1. The Hall–Kier alpha value is -4.17. The lowest BCUT2D eigenvalue weighted by Gasteiger charge is -2.25. The van der Waals surface area contributed by atoms with E-state index in [0.717, 1.165) is 17.7 Å². The van der Waals surface area contributed by atoms with E-state index in [1.807, 2.05) is 6.92 Å². The second-order valence-electron chi connectivity index (χ2n) is 8.15. The zero-order valence-electron chi connectivity index (χ0n) is 18.4. The van der Waals surface area contributed by atoms with Crippen LogP contribution in [0.15, 0.2) is 69.9 Å². The van der Waals surface area contributed by atoms with Crippen LogP contribution in [0.25, 0.3) is 11.0 Å². The Balaban J connectivity index is 1.71. The summed E-state index contributed by atoms with van der Waals surface area (Å²) in [5.41, 5.74) is 6.68. The van der Waals surface area contributed by atoms with Gasteiger partial charge in [0.1, 0.15) is 17.1 Å². The molecule has 0 saturated heterocycles. The Morgan fingerprint density at radius 1 is 1.11 bits per heavy atom. The summed E-state index contributed by atoms with van der Waals surface area (Å²) in [6.07, 6.45) is 0. The van der Waals surface area contributed by atoms with Crippen molar-refractivity contribution in [1.29, 1.82) is 0 Å². The molecule has 0 fully saturated rings. The highest BCUT2D eigenvalue weighted by Gasteiger charge is 2.43. The quantitative estimate of drug-likeness (QED) is 0.441. The molecule has 2 heterocycles. The van der Waals surface area contributed by atoms with Crippen molar-refractivity contribution in [3.05, 3.63) is 104 Å². The van der Waals surface area contributed by atoms with Crippen LogP contribution in [0.5, 0.6) is 5.75 Å². The normalized spacial score (nSPS) is 14.9. The molecule has 2 amide bonds. The van der Waals surface area contributed by atoms with Crippen LogP contribution in [0.3, 0.4) is 0 Å². The highest BCUT2D eigenvalue weighted by molar-refractivity contribution is 6.31.